The minimum absolute atomic E-state index is 0.355. The van der Waals surface area contributed by atoms with E-state index in [1.165, 1.54) is 7.05 Å². The molecule has 2 aromatic rings. The zero-order valence-electron chi connectivity index (χ0n) is 15.1. The smallest absolute Gasteiger partial charge is 0.265 e. The van der Waals surface area contributed by atoms with Gasteiger partial charge in [0.1, 0.15) is 11.5 Å². The lowest BCUT2D eigenvalue weighted by molar-refractivity contribution is -0.122. The van der Waals surface area contributed by atoms with Crippen molar-refractivity contribution in [1.82, 2.24) is 0 Å². The standard InChI is InChI=1S/C18H22N2O5S/c1-13(25-17-10-6-9-16(12-17)24-3)18(21)19-14-7-5-8-15(11-14)20(2)26(4,22)23/h5-13H,1-4H3,(H,19,21)/t13-/m1/s1. The van der Waals surface area contributed by atoms with Crippen LogP contribution in [-0.2, 0) is 14.8 Å². The Bertz CT molecular complexity index is 883. The van der Waals surface area contributed by atoms with Crippen LogP contribution in [0.25, 0.3) is 0 Å². The molecule has 0 spiro atoms. The molecule has 0 aliphatic carbocycles. The van der Waals surface area contributed by atoms with Crippen LogP contribution in [0.15, 0.2) is 48.5 Å². The second-order valence-corrected chi connectivity index (χ2v) is 7.72. The molecule has 0 heterocycles. The van der Waals surface area contributed by atoms with Crippen molar-refractivity contribution in [2.45, 2.75) is 13.0 Å². The van der Waals surface area contributed by atoms with Gasteiger partial charge < -0.3 is 14.8 Å². The molecule has 1 atom stereocenters. The van der Waals surface area contributed by atoms with Crippen LogP contribution in [-0.4, -0.2) is 40.8 Å². The molecule has 0 saturated heterocycles. The van der Waals surface area contributed by atoms with Crippen LogP contribution < -0.4 is 19.1 Å². The normalized spacial score (nSPS) is 12.2. The van der Waals surface area contributed by atoms with Crippen molar-refractivity contribution in [2.75, 3.05) is 30.0 Å². The molecule has 0 aliphatic rings. The number of benzene rings is 2. The van der Waals surface area contributed by atoms with E-state index in [4.69, 9.17) is 9.47 Å². The molecule has 0 unspecified atom stereocenters. The Balaban J connectivity index is 2.07. The number of nitrogens with zero attached hydrogens (tertiary/aromatic N) is 1. The zero-order chi connectivity index (χ0) is 19.3. The van der Waals surface area contributed by atoms with E-state index in [1.807, 2.05) is 0 Å². The number of carbonyl (C=O) groups excluding carboxylic acids is 1. The van der Waals surface area contributed by atoms with E-state index in [2.05, 4.69) is 5.32 Å². The van der Waals surface area contributed by atoms with Gasteiger partial charge in [-0.1, -0.05) is 12.1 Å². The lowest BCUT2D eigenvalue weighted by Crippen LogP contribution is -2.30. The second-order valence-electron chi connectivity index (χ2n) is 5.71. The Hall–Kier alpha value is -2.74. The molecule has 2 aromatic carbocycles. The third kappa shape index (κ3) is 5.13. The number of hydrogen-bond donors (Lipinski definition) is 1. The molecule has 1 amide bonds. The molecule has 0 aromatic heterocycles. The van der Waals surface area contributed by atoms with Crippen LogP contribution in [0.5, 0.6) is 11.5 Å². The molecule has 7 nitrogen and oxygen atoms in total. The van der Waals surface area contributed by atoms with Gasteiger partial charge in [-0.25, -0.2) is 8.42 Å². The van der Waals surface area contributed by atoms with Crippen LogP contribution >= 0.6 is 0 Å². The SMILES string of the molecule is COc1cccc(O[C@H](C)C(=O)Nc2cccc(N(C)S(C)(=O)=O)c2)c1. The maximum atomic E-state index is 12.4. The number of methoxy groups -OCH3 is 1. The molecule has 0 saturated carbocycles. The van der Waals surface area contributed by atoms with Crippen LogP contribution in [0.2, 0.25) is 0 Å². The fourth-order valence-electron chi connectivity index (χ4n) is 2.15. The van der Waals surface area contributed by atoms with E-state index < -0.39 is 16.1 Å². The third-order valence-corrected chi connectivity index (χ3v) is 4.90. The van der Waals surface area contributed by atoms with Crippen LogP contribution in [0, 0.1) is 0 Å². The first kappa shape index (κ1) is 19.6. The fourth-order valence-corrected chi connectivity index (χ4v) is 2.64. The molecule has 8 heteroatoms. The minimum atomic E-state index is -3.38. The third-order valence-electron chi connectivity index (χ3n) is 3.70. The largest absolute Gasteiger partial charge is 0.497 e. The molecular weight excluding hydrogens is 356 g/mol. The Kier molecular flexibility index (Phi) is 6.10. The number of anilines is 2. The first-order valence-corrected chi connectivity index (χ1v) is 9.71. The van der Waals surface area contributed by atoms with Gasteiger partial charge in [0.25, 0.3) is 5.91 Å². The maximum absolute atomic E-state index is 12.4. The van der Waals surface area contributed by atoms with E-state index in [1.54, 1.807) is 62.6 Å². The van der Waals surface area contributed by atoms with Crippen molar-refractivity contribution in [3.63, 3.8) is 0 Å². The molecule has 26 heavy (non-hydrogen) atoms. The highest BCUT2D eigenvalue weighted by Crippen LogP contribution is 2.22. The molecule has 0 aliphatic heterocycles. The van der Waals surface area contributed by atoms with Gasteiger partial charge in [-0.15, -0.1) is 0 Å². The monoisotopic (exact) mass is 378 g/mol. The van der Waals surface area contributed by atoms with Gasteiger partial charge in [-0.3, -0.25) is 9.10 Å². The predicted octanol–water partition coefficient (Wildman–Crippen LogP) is 2.50. The minimum Gasteiger partial charge on any atom is -0.497 e. The van der Waals surface area contributed by atoms with Crippen molar-refractivity contribution < 1.29 is 22.7 Å². The zero-order valence-corrected chi connectivity index (χ0v) is 15.9. The number of amides is 1. The van der Waals surface area contributed by atoms with E-state index in [-0.39, 0.29) is 5.91 Å². The van der Waals surface area contributed by atoms with Crippen molar-refractivity contribution >= 4 is 27.3 Å². The highest BCUT2D eigenvalue weighted by molar-refractivity contribution is 7.92. The molecule has 140 valence electrons. The molecule has 1 N–H and O–H groups in total. The van der Waals surface area contributed by atoms with Crippen molar-refractivity contribution in [3.05, 3.63) is 48.5 Å². The number of ether oxygens (including phenoxy) is 2. The summed E-state index contributed by atoms with van der Waals surface area (Å²) < 4.78 is 35.2. The Labute approximate surface area is 153 Å². The van der Waals surface area contributed by atoms with E-state index >= 15 is 0 Å². The van der Waals surface area contributed by atoms with Crippen LogP contribution in [0.1, 0.15) is 6.92 Å². The first-order chi connectivity index (χ1) is 12.2. The highest BCUT2D eigenvalue weighted by atomic mass is 32.2. The van der Waals surface area contributed by atoms with Gasteiger partial charge in [0.15, 0.2) is 6.10 Å². The van der Waals surface area contributed by atoms with E-state index in [9.17, 15) is 13.2 Å². The summed E-state index contributed by atoms with van der Waals surface area (Å²) in [6, 6.07) is 13.5. The van der Waals surface area contributed by atoms with Crippen molar-refractivity contribution in [3.8, 4) is 11.5 Å². The Morgan fingerprint density at radius 2 is 1.77 bits per heavy atom. The average Bonchev–Trinajstić information content (AvgIpc) is 2.60. The van der Waals surface area contributed by atoms with Crippen LogP contribution in [0.3, 0.4) is 0 Å². The van der Waals surface area contributed by atoms with Crippen molar-refractivity contribution in [2.24, 2.45) is 0 Å². The predicted molar refractivity (Wildman–Crippen MR) is 101 cm³/mol. The number of hydrogen-bond acceptors (Lipinski definition) is 5. The number of carbonyl (C=O) groups is 1. The summed E-state index contributed by atoms with van der Waals surface area (Å²) in [5.74, 6) is 0.788. The second kappa shape index (κ2) is 8.09. The number of nitrogens with one attached hydrogen (secondary N) is 1. The summed E-state index contributed by atoms with van der Waals surface area (Å²) in [5.41, 5.74) is 0.927. The highest BCUT2D eigenvalue weighted by Gasteiger charge is 2.17. The maximum Gasteiger partial charge on any atom is 0.265 e. The van der Waals surface area contributed by atoms with Crippen LogP contribution in [0.4, 0.5) is 11.4 Å². The van der Waals surface area contributed by atoms with Gasteiger partial charge >= 0.3 is 0 Å². The summed E-state index contributed by atoms with van der Waals surface area (Å²) in [7, 11) is -0.380. The first-order valence-electron chi connectivity index (χ1n) is 7.86. The van der Waals surface area contributed by atoms with Gasteiger partial charge in [0.05, 0.1) is 19.1 Å². The quantitative estimate of drug-likeness (QED) is 0.800. The van der Waals surface area contributed by atoms with Gasteiger partial charge in [-0.05, 0) is 37.3 Å². The molecule has 0 fully saturated rings. The molecule has 0 bridgehead atoms. The van der Waals surface area contributed by atoms with E-state index in [0.29, 0.717) is 22.9 Å². The average molecular weight is 378 g/mol. The fraction of sp³-hybridized carbons (Fsp3) is 0.278. The van der Waals surface area contributed by atoms with Crippen molar-refractivity contribution in [1.29, 1.82) is 0 Å². The Morgan fingerprint density at radius 1 is 1.12 bits per heavy atom. The lowest BCUT2D eigenvalue weighted by atomic mass is 10.2. The molecule has 0 radical (unpaired) electrons. The van der Waals surface area contributed by atoms with Gasteiger partial charge in [0, 0.05) is 18.8 Å². The van der Waals surface area contributed by atoms with E-state index in [0.717, 1.165) is 10.6 Å². The van der Waals surface area contributed by atoms with Gasteiger partial charge in [0.2, 0.25) is 10.0 Å². The molecular formula is C18H22N2O5S. The number of rotatable bonds is 7. The summed E-state index contributed by atoms with van der Waals surface area (Å²) >= 11 is 0. The number of sulfonamides is 1. The summed E-state index contributed by atoms with van der Waals surface area (Å²) in [5, 5.41) is 2.72. The summed E-state index contributed by atoms with van der Waals surface area (Å²) in [4.78, 5) is 12.4. The summed E-state index contributed by atoms with van der Waals surface area (Å²) in [6.07, 6.45) is 0.362. The van der Waals surface area contributed by atoms with Gasteiger partial charge in [-0.2, -0.15) is 0 Å². The summed E-state index contributed by atoms with van der Waals surface area (Å²) in [6.45, 7) is 1.63. The topological polar surface area (TPSA) is 84.9 Å². The lowest BCUT2D eigenvalue weighted by Gasteiger charge is -2.18. The molecule has 2 rings (SSSR count). The Morgan fingerprint density at radius 3 is 2.42 bits per heavy atom.